The van der Waals surface area contributed by atoms with E-state index in [0.29, 0.717) is 37.1 Å². The molecule has 26 heavy (non-hydrogen) atoms. The highest BCUT2D eigenvalue weighted by Gasteiger charge is 2.40. The molecule has 1 saturated carbocycles. The molecule has 142 valence electrons. The van der Waals surface area contributed by atoms with Crippen LogP contribution in [-0.4, -0.2) is 28.9 Å². The predicted molar refractivity (Wildman–Crippen MR) is 101 cm³/mol. The Morgan fingerprint density at radius 2 is 1.92 bits per heavy atom. The van der Waals surface area contributed by atoms with Gasteiger partial charge in [0.25, 0.3) is 0 Å². The van der Waals surface area contributed by atoms with Crippen LogP contribution in [0.5, 0.6) is 0 Å². The molecule has 1 aliphatic carbocycles. The van der Waals surface area contributed by atoms with E-state index in [1.807, 2.05) is 30.3 Å². The average molecular weight is 357 g/mol. The molecule has 3 rings (SSSR count). The standard InChI is InChI=1S/C22H31NO3/c1-15(2)18-10-9-16(3)13-20(18)26-22(25)19-11-12-21(24)23(19)14-17-7-5-4-6-8-17/h4-8,15-16,18-20H,9-14H2,1-3H3/t16-,18+,19+,20-/m1/s1. The second-order valence-corrected chi connectivity index (χ2v) is 8.36. The van der Waals surface area contributed by atoms with E-state index in [1.165, 1.54) is 6.42 Å². The Balaban J connectivity index is 1.68. The molecule has 1 saturated heterocycles. The molecule has 4 heteroatoms. The zero-order chi connectivity index (χ0) is 18.7. The zero-order valence-corrected chi connectivity index (χ0v) is 16.2. The summed E-state index contributed by atoms with van der Waals surface area (Å²) in [6, 6.07) is 9.42. The molecule has 4 atom stereocenters. The van der Waals surface area contributed by atoms with Crippen LogP contribution in [0.25, 0.3) is 0 Å². The van der Waals surface area contributed by atoms with E-state index in [0.717, 1.165) is 18.4 Å². The number of hydrogen-bond donors (Lipinski definition) is 0. The largest absolute Gasteiger partial charge is 0.461 e. The Morgan fingerprint density at radius 1 is 1.19 bits per heavy atom. The van der Waals surface area contributed by atoms with E-state index in [2.05, 4.69) is 20.8 Å². The van der Waals surface area contributed by atoms with Crippen molar-refractivity contribution in [2.75, 3.05) is 0 Å². The van der Waals surface area contributed by atoms with Crippen LogP contribution in [0, 0.1) is 17.8 Å². The van der Waals surface area contributed by atoms with Crippen molar-refractivity contribution >= 4 is 11.9 Å². The van der Waals surface area contributed by atoms with Crippen molar-refractivity contribution in [1.82, 2.24) is 4.90 Å². The summed E-state index contributed by atoms with van der Waals surface area (Å²) in [5, 5.41) is 0. The summed E-state index contributed by atoms with van der Waals surface area (Å²) in [4.78, 5) is 26.9. The lowest BCUT2D eigenvalue weighted by Gasteiger charge is -2.37. The fourth-order valence-corrected chi connectivity index (χ4v) is 4.43. The van der Waals surface area contributed by atoms with Gasteiger partial charge < -0.3 is 9.64 Å². The Labute approximate surface area is 156 Å². The van der Waals surface area contributed by atoms with Gasteiger partial charge in [-0.3, -0.25) is 4.79 Å². The van der Waals surface area contributed by atoms with Crippen LogP contribution < -0.4 is 0 Å². The highest BCUT2D eigenvalue weighted by atomic mass is 16.5. The number of likely N-dealkylation sites (tertiary alicyclic amines) is 1. The molecule has 0 radical (unpaired) electrons. The van der Waals surface area contributed by atoms with Gasteiger partial charge in [-0.05, 0) is 42.6 Å². The number of esters is 1. The van der Waals surface area contributed by atoms with Crippen LogP contribution in [0.2, 0.25) is 0 Å². The third kappa shape index (κ3) is 4.28. The monoisotopic (exact) mass is 357 g/mol. The van der Waals surface area contributed by atoms with Gasteiger partial charge in [0.15, 0.2) is 0 Å². The molecule has 1 aromatic carbocycles. The Hall–Kier alpha value is -1.84. The minimum atomic E-state index is -0.437. The normalized spacial score (nSPS) is 29.2. The molecule has 1 aliphatic heterocycles. The topological polar surface area (TPSA) is 46.6 Å². The van der Waals surface area contributed by atoms with Gasteiger partial charge in [-0.1, -0.05) is 57.5 Å². The quantitative estimate of drug-likeness (QED) is 0.743. The van der Waals surface area contributed by atoms with E-state index in [-0.39, 0.29) is 18.0 Å². The van der Waals surface area contributed by atoms with Crippen molar-refractivity contribution < 1.29 is 14.3 Å². The highest BCUT2D eigenvalue weighted by Crippen LogP contribution is 2.36. The first-order chi connectivity index (χ1) is 12.5. The maximum atomic E-state index is 12.9. The summed E-state index contributed by atoms with van der Waals surface area (Å²) < 4.78 is 6.00. The maximum absolute atomic E-state index is 12.9. The molecule has 1 aromatic rings. The summed E-state index contributed by atoms with van der Waals surface area (Å²) in [5.74, 6) is 1.36. The van der Waals surface area contributed by atoms with Gasteiger partial charge in [-0.15, -0.1) is 0 Å². The average Bonchev–Trinajstić information content (AvgIpc) is 2.96. The number of nitrogens with zero attached hydrogens (tertiary/aromatic N) is 1. The Morgan fingerprint density at radius 3 is 2.62 bits per heavy atom. The van der Waals surface area contributed by atoms with Crippen molar-refractivity contribution in [1.29, 1.82) is 0 Å². The van der Waals surface area contributed by atoms with Crippen LogP contribution in [0.4, 0.5) is 0 Å². The third-order valence-electron chi connectivity index (χ3n) is 6.02. The molecular formula is C22H31NO3. The molecular weight excluding hydrogens is 326 g/mol. The highest BCUT2D eigenvalue weighted by molar-refractivity contribution is 5.88. The van der Waals surface area contributed by atoms with Crippen molar-refractivity contribution in [2.24, 2.45) is 17.8 Å². The number of benzene rings is 1. The summed E-state index contributed by atoms with van der Waals surface area (Å²) >= 11 is 0. The van der Waals surface area contributed by atoms with Crippen molar-refractivity contribution in [2.45, 2.75) is 71.6 Å². The molecule has 0 N–H and O–H groups in total. The number of amides is 1. The molecule has 2 fully saturated rings. The molecule has 2 aliphatic rings. The molecule has 0 unspecified atom stereocenters. The summed E-state index contributed by atoms with van der Waals surface area (Å²) in [5.41, 5.74) is 1.05. The molecule has 4 nitrogen and oxygen atoms in total. The first kappa shape index (κ1) is 18.9. The lowest BCUT2D eigenvalue weighted by molar-refractivity contribution is -0.163. The summed E-state index contributed by atoms with van der Waals surface area (Å²) in [6.07, 6.45) is 4.25. The van der Waals surface area contributed by atoms with Gasteiger partial charge >= 0.3 is 5.97 Å². The van der Waals surface area contributed by atoms with E-state index in [1.54, 1.807) is 4.90 Å². The van der Waals surface area contributed by atoms with Gasteiger partial charge in [-0.2, -0.15) is 0 Å². The van der Waals surface area contributed by atoms with Crippen molar-refractivity contribution in [3.8, 4) is 0 Å². The number of rotatable bonds is 5. The lowest BCUT2D eigenvalue weighted by Crippen LogP contribution is -2.43. The molecule has 0 aromatic heterocycles. The summed E-state index contributed by atoms with van der Waals surface area (Å²) in [6.45, 7) is 7.14. The van der Waals surface area contributed by atoms with Crippen LogP contribution >= 0.6 is 0 Å². The predicted octanol–water partition coefficient (Wildman–Crippen LogP) is 4.18. The van der Waals surface area contributed by atoms with E-state index in [9.17, 15) is 9.59 Å². The molecule has 0 bridgehead atoms. The smallest absolute Gasteiger partial charge is 0.329 e. The first-order valence-electron chi connectivity index (χ1n) is 9.99. The number of hydrogen-bond acceptors (Lipinski definition) is 3. The van der Waals surface area contributed by atoms with Gasteiger partial charge in [0.2, 0.25) is 5.91 Å². The van der Waals surface area contributed by atoms with Crippen LogP contribution in [0.15, 0.2) is 30.3 Å². The number of carbonyl (C=O) groups is 2. The Kier molecular flexibility index (Phi) is 6.00. The van der Waals surface area contributed by atoms with Gasteiger partial charge in [0.05, 0.1) is 0 Å². The van der Waals surface area contributed by atoms with E-state index >= 15 is 0 Å². The minimum absolute atomic E-state index is 0.0134. The number of ether oxygens (including phenoxy) is 1. The number of carbonyl (C=O) groups excluding carboxylic acids is 2. The Bertz CT molecular complexity index is 628. The van der Waals surface area contributed by atoms with E-state index < -0.39 is 6.04 Å². The molecule has 1 heterocycles. The van der Waals surface area contributed by atoms with Crippen LogP contribution in [0.3, 0.4) is 0 Å². The molecule has 1 amide bonds. The zero-order valence-electron chi connectivity index (χ0n) is 16.2. The van der Waals surface area contributed by atoms with Gasteiger partial charge in [-0.25, -0.2) is 4.79 Å². The summed E-state index contributed by atoms with van der Waals surface area (Å²) in [7, 11) is 0. The minimum Gasteiger partial charge on any atom is -0.461 e. The van der Waals surface area contributed by atoms with Crippen molar-refractivity contribution in [3.63, 3.8) is 0 Å². The maximum Gasteiger partial charge on any atom is 0.329 e. The molecule has 0 spiro atoms. The van der Waals surface area contributed by atoms with Crippen molar-refractivity contribution in [3.05, 3.63) is 35.9 Å². The van der Waals surface area contributed by atoms with Crippen LogP contribution in [-0.2, 0) is 20.9 Å². The second-order valence-electron chi connectivity index (χ2n) is 8.36. The third-order valence-corrected chi connectivity index (χ3v) is 6.02. The second kappa shape index (κ2) is 8.24. The van der Waals surface area contributed by atoms with Crippen LogP contribution in [0.1, 0.15) is 58.4 Å². The fraction of sp³-hybridized carbons (Fsp3) is 0.636. The SMILES string of the molecule is CC(C)[C@@H]1CC[C@@H](C)C[C@H]1OC(=O)[C@@H]1CCC(=O)N1Cc1ccccc1. The fourth-order valence-electron chi connectivity index (χ4n) is 4.43. The van der Waals surface area contributed by atoms with Gasteiger partial charge in [0, 0.05) is 13.0 Å². The van der Waals surface area contributed by atoms with E-state index in [4.69, 9.17) is 4.74 Å². The lowest BCUT2D eigenvalue weighted by atomic mass is 9.75. The first-order valence-corrected chi connectivity index (χ1v) is 9.99. The van der Waals surface area contributed by atoms with Gasteiger partial charge in [0.1, 0.15) is 12.1 Å².